The summed E-state index contributed by atoms with van der Waals surface area (Å²) in [7, 11) is 0. The minimum absolute atomic E-state index is 0.511. The van der Waals surface area contributed by atoms with Gasteiger partial charge in [0, 0.05) is 0 Å². The van der Waals surface area contributed by atoms with Gasteiger partial charge in [-0.15, -0.1) is 0 Å². The van der Waals surface area contributed by atoms with Gasteiger partial charge in [0.15, 0.2) is 0 Å². The van der Waals surface area contributed by atoms with Crippen LogP contribution in [-0.2, 0) is 0 Å². The molecule has 0 atom stereocenters. The molecule has 1 fully saturated rings. The average molecular weight is 153 g/mol. The summed E-state index contributed by atoms with van der Waals surface area (Å²) < 4.78 is 2.02. The number of nitrogens with zero attached hydrogens (tertiary/aromatic N) is 2. The smallest absolute Gasteiger partial charge is 0.344 e. The summed E-state index contributed by atoms with van der Waals surface area (Å²) in [5.74, 6) is 0.511. The number of nitrogens with two attached hydrogens (primary N) is 1. The van der Waals surface area contributed by atoms with Crippen molar-refractivity contribution in [1.29, 1.82) is 0 Å². The summed E-state index contributed by atoms with van der Waals surface area (Å²) in [6.45, 7) is 0. The average Bonchev–Trinajstić information content (AvgIpc) is 2.55. The van der Waals surface area contributed by atoms with Crippen LogP contribution in [0.4, 0.5) is 5.95 Å². The van der Waals surface area contributed by atoms with Crippen LogP contribution in [0.5, 0.6) is 0 Å². The molecule has 3 N–H and O–H groups in total. The molecule has 60 valence electrons. The van der Waals surface area contributed by atoms with Crippen molar-refractivity contribution < 1.29 is 4.68 Å². The molecule has 0 spiro atoms. The highest BCUT2D eigenvalue weighted by molar-refractivity contribution is 5.06. The zero-order valence-electron chi connectivity index (χ0n) is 6.45. The highest BCUT2D eigenvalue weighted by Gasteiger charge is 2.22. The molecule has 0 saturated heterocycles. The van der Waals surface area contributed by atoms with Gasteiger partial charge < -0.3 is 5.73 Å². The molecule has 1 aliphatic rings. The van der Waals surface area contributed by atoms with Crippen LogP contribution in [0.2, 0.25) is 0 Å². The lowest BCUT2D eigenvalue weighted by Gasteiger charge is -2.00. The molecular weight excluding hydrogens is 140 g/mol. The lowest BCUT2D eigenvalue weighted by Crippen LogP contribution is -2.39. The van der Waals surface area contributed by atoms with Crippen molar-refractivity contribution in [3.05, 3.63) is 6.33 Å². The van der Waals surface area contributed by atoms with Crippen molar-refractivity contribution in [2.45, 2.75) is 31.7 Å². The van der Waals surface area contributed by atoms with Gasteiger partial charge in [-0.2, -0.15) is 9.78 Å². The van der Waals surface area contributed by atoms with Gasteiger partial charge in [0.1, 0.15) is 6.04 Å². The molecule has 2 rings (SSSR count). The molecule has 4 heteroatoms. The minimum Gasteiger partial charge on any atom is -0.345 e. The van der Waals surface area contributed by atoms with Crippen molar-refractivity contribution in [3.8, 4) is 0 Å². The van der Waals surface area contributed by atoms with Crippen molar-refractivity contribution in [3.63, 3.8) is 0 Å². The molecule has 0 bridgehead atoms. The number of H-pyrrole nitrogens is 1. The third-order valence-corrected chi connectivity index (χ3v) is 2.28. The fourth-order valence-electron chi connectivity index (χ4n) is 1.68. The number of aromatic nitrogens is 3. The number of anilines is 1. The Balaban J connectivity index is 2.15. The van der Waals surface area contributed by atoms with Crippen LogP contribution >= 0.6 is 0 Å². The monoisotopic (exact) mass is 153 g/mol. The Morgan fingerprint density at radius 3 is 2.82 bits per heavy atom. The second-order valence-corrected chi connectivity index (χ2v) is 3.09. The molecule has 1 heterocycles. The van der Waals surface area contributed by atoms with E-state index < -0.39 is 0 Å². The van der Waals surface area contributed by atoms with Gasteiger partial charge in [-0.1, -0.05) is 0 Å². The van der Waals surface area contributed by atoms with Crippen molar-refractivity contribution in [2.75, 3.05) is 5.73 Å². The largest absolute Gasteiger partial charge is 0.345 e. The van der Waals surface area contributed by atoms with Crippen LogP contribution in [0.15, 0.2) is 6.33 Å². The number of aromatic amines is 1. The highest BCUT2D eigenvalue weighted by Crippen LogP contribution is 2.23. The van der Waals surface area contributed by atoms with Gasteiger partial charge in [-0.25, -0.2) is 0 Å². The van der Waals surface area contributed by atoms with Crippen LogP contribution in [-0.4, -0.2) is 10.1 Å². The summed E-state index contributed by atoms with van der Waals surface area (Å²) >= 11 is 0. The molecule has 0 unspecified atom stereocenters. The number of rotatable bonds is 1. The molecule has 1 aromatic heterocycles. The molecule has 1 aromatic rings. The predicted octanol–water partition coefficient (Wildman–Crippen LogP) is 0.394. The second-order valence-electron chi connectivity index (χ2n) is 3.09. The predicted molar refractivity (Wildman–Crippen MR) is 40.7 cm³/mol. The van der Waals surface area contributed by atoms with E-state index >= 15 is 0 Å². The molecule has 0 aromatic carbocycles. The zero-order valence-corrected chi connectivity index (χ0v) is 6.45. The zero-order chi connectivity index (χ0) is 7.68. The van der Waals surface area contributed by atoms with Crippen LogP contribution < -0.4 is 10.4 Å². The van der Waals surface area contributed by atoms with E-state index in [0.29, 0.717) is 12.0 Å². The van der Waals surface area contributed by atoms with E-state index in [1.807, 2.05) is 4.68 Å². The van der Waals surface area contributed by atoms with Gasteiger partial charge >= 0.3 is 12.3 Å². The maximum Gasteiger partial charge on any atom is 0.344 e. The first-order valence-corrected chi connectivity index (χ1v) is 4.08. The third kappa shape index (κ3) is 1.20. The summed E-state index contributed by atoms with van der Waals surface area (Å²) in [4.78, 5) is 3.95. The Morgan fingerprint density at radius 2 is 2.27 bits per heavy atom. The minimum atomic E-state index is 0.511. The Labute approximate surface area is 65.4 Å². The molecule has 1 saturated carbocycles. The normalized spacial score (nSPS) is 19.3. The Morgan fingerprint density at radius 1 is 1.55 bits per heavy atom. The molecular formula is C7H13N4+. The van der Waals surface area contributed by atoms with Crippen molar-refractivity contribution in [2.24, 2.45) is 0 Å². The summed E-state index contributed by atoms with van der Waals surface area (Å²) in [6, 6.07) is 0.611. The van der Waals surface area contributed by atoms with E-state index in [-0.39, 0.29) is 0 Å². The molecule has 0 amide bonds. The van der Waals surface area contributed by atoms with Crippen LogP contribution in [0.25, 0.3) is 0 Å². The number of nitrogens with one attached hydrogen (secondary N) is 1. The van der Waals surface area contributed by atoms with Gasteiger partial charge in [0.25, 0.3) is 0 Å². The quantitative estimate of drug-likeness (QED) is 0.573. The Hall–Kier alpha value is -1.06. The first kappa shape index (κ1) is 6.64. The molecule has 11 heavy (non-hydrogen) atoms. The van der Waals surface area contributed by atoms with E-state index in [1.165, 1.54) is 25.7 Å². The fourth-order valence-corrected chi connectivity index (χ4v) is 1.68. The number of hydrogen-bond acceptors (Lipinski definition) is 2. The summed E-state index contributed by atoms with van der Waals surface area (Å²) in [5, 5.41) is 3.00. The number of hydrogen-bond donors (Lipinski definition) is 2. The molecule has 1 aliphatic carbocycles. The first-order valence-electron chi connectivity index (χ1n) is 4.08. The summed E-state index contributed by atoms with van der Waals surface area (Å²) in [5.41, 5.74) is 5.46. The van der Waals surface area contributed by atoms with E-state index in [2.05, 4.69) is 10.1 Å². The summed E-state index contributed by atoms with van der Waals surface area (Å²) in [6.07, 6.45) is 6.96. The first-order chi connectivity index (χ1) is 5.36. The van der Waals surface area contributed by atoms with Crippen LogP contribution in [0.3, 0.4) is 0 Å². The maximum absolute atomic E-state index is 5.46. The Kier molecular flexibility index (Phi) is 1.52. The maximum atomic E-state index is 5.46. The molecule has 0 aliphatic heterocycles. The highest BCUT2D eigenvalue weighted by atomic mass is 15.4. The molecule has 0 radical (unpaired) electrons. The third-order valence-electron chi connectivity index (χ3n) is 2.28. The Bertz CT molecular complexity index is 236. The topological polar surface area (TPSA) is 58.6 Å². The SMILES string of the molecule is Nc1nc[n+](C2CCCC2)[nH]1. The van der Waals surface area contributed by atoms with Gasteiger partial charge in [-0.3, -0.25) is 0 Å². The van der Waals surface area contributed by atoms with Gasteiger partial charge in [0.05, 0.1) is 0 Å². The standard InChI is InChI=1S/C7H12N4/c8-7-9-5-11(10-7)6-3-1-2-4-6/h5-6H,1-4H2,(H2,8,10)/p+1. The van der Waals surface area contributed by atoms with Crippen molar-refractivity contribution in [1.82, 2.24) is 10.1 Å². The number of nitrogen functional groups attached to an aromatic ring is 1. The van der Waals surface area contributed by atoms with Gasteiger partial charge in [-0.05, 0) is 30.7 Å². The van der Waals surface area contributed by atoms with E-state index in [4.69, 9.17) is 5.73 Å². The fraction of sp³-hybridized carbons (Fsp3) is 0.714. The van der Waals surface area contributed by atoms with E-state index in [0.717, 1.165) is 0 Å². The molecule has 4 nitrogen and oxygen atoms in total. The van der Waals surface area contributed by atoms with Crippen LogP contribution in [0, 0.1) is 0 Å². The second kappa shape index (κ2) is 2.53. The van der Waals surface area contributed by atoms with Crippen LogP contribution in [0.1, 0.15) is 31.7 Å². The van der Waals surface area contributed by atoms with E-state index in [9.17, 15) is 0 Å². The lowest BCUT2D eigenvalue weighted by atomic mass is 10.3. The van der Waals surface area contributed by atoms with Gasteiger partial charge in [0.2, 0.25) is 0 Å². The van der Waals surface area contributed by atoms with Crippen molar-refractivity contribution >= 4 is 5.95 Å². The lowest BCUT2D eigenvalue weighted by molar-refractivity contribution is -0.773. The van der Waals surface area contributed by atoms with E-state index in [1.54, 1.807) is 6.33 Å².